The zero-order chi connectivity index (χ0) is 15.1. The third kappa shape index (κ3) is 6.33. The van der Waals surface area contributed by atoms with Crippen LogP contribution in [0.5, 0.6) is 5.75 Å². The molecule has 1 aliphatic carbocycles. The van der Waals surface area contributed by atoms with Crippen LogP contribution in [0, 0.1) is 5.92 Å². The zero-order valence-corrected chi connectivity index (χ0v) is 12.7. The van der Waals surface area contributed by atoms with Crippen molar-refractivity contribution in [3.8, 4) is 5.75 Å². The third-order valence-electron chi connectivity index (χ3n) is 3.54. The van der Waals surface area contributed by atoms with Crippen LogP contribution in [0.15, 0.2) is 24.3 Å². The Bertz CT molecular complexity index is 424. The van der Waals surface area contributed by atoms with Gasteiger partial charge in [-0.15, -0.1) is 0 Å². The molecule has 0 amide bonds. The Morgan fingerprint density at radius 1 is 1.38 bits per heavy atom. The quantitative estimate of drug-likeness (QED) is 0.504. The largest absolute Gasteiger partial charge is 0.489 e. The number of hydrogen-bond donors (Lipinski definition) is 2. The molecule has 2 rings (SSSR count). The SMILES string of the molecule is CN(CCOCC1CC1)CC(O)COc1ccccc1N. The highest BCUT2D eigenvalue weighted by atomic mass is 16.5. The van der Waals surface area contributed by atoms with Crippen LogP contribution in [-0.4, -0.2) is 56.1 Å². The van der Waals surface area contributed by atoms with Crippen LogP contribution in [0.2, 0.25) is 0 Å². The van der Waals surface area contributed by atoms with Gasteiger partial charge >= 0.3 is 0 Å². The Labute approximate surface area is 126 Å². The van der Waals surface area contributed by atoms with E-state index in [1.54, 1.807) is 12.1 Å². The maximum atomic E-state index is 9.98. The molecular formula is C16H26N2O3. The molecule has 1 atom stereocenters. The van der Waals surface area contributed by atoms with E-state index in [1.807, 2.05) is 19.2 Å². The first-order valence-electron chi connectivity index (χ1n) is 7.57. The fraction of sp³-hybridized carbons (Fsp3) is 0.625. The monoisotopic (exact) mass is 294 g/mol. The molecule has 1 saturated carbocycles. The molecule has 0 spiro atoms. The van der Waals surface area contributed by atoms with E-state index in [1.165, 1.54) is 12.8 Å². The van der Waals surface area contributed by atoms with Crippen molar-refractivity contribution in [2.24, 2.45) is 5.92 Å². The molecule has 0 radical (unpaired) electrons. The molecule has 1 aromatic carbocycles. The molecule has 0 heterocycles. The van der Waals surface area contributed by atoms with E-state index in [9.17, 15) is 5.11 Å². The number of likely N-dealkylation sites (N-methyl/N-ethyl adjacent to an activating group) is 1. The zero-order valence-electron chi connectivity index (χ0n) is 12.7. The second-order valence-electron chi connectivity index (χ2n) is 5.78. The second-order valence-corrected chi connectivity index (χ2v) is 5.78. The van der Waals surface area contributed by atoms with Gasteiger partial charge < -0.3 is 25.2 Å². The first-order chi connectivity index (χ1) is 10.1. The van der Waals surface area contributed by atoms with E-state index < -0.39 is 6.10 Å². The number of nitrogens with two attached hydrogens (primary N) is 1. The van der Waals surface area contributed by atoms with Gasteiger partial charge in [0.1, 0.15) is 18.5 Å². The molecular weight excluding hydrogens is 268 g/mol. The topological polar surface area (TPSA) is 68.0 Å². The van der Waals surface area contributed by atoms with Gasteiger partial charge in [0.25, 0.3) is 0 Å². The van der Waals surface area contributed by atoms with Gasteiger partial charge in [-0.25, -0.2) is 0 Å². The lowest BCUT2D eigenvalue weighted by Gasteiger charge is -2.21. The lowest BCUT2D eigenvalue weighted by atomic mass is 10.3. The minimum absolute atomic E-state index is 0.238. The van der Waals surface area contributed by atoms with Crippen molar-refractivity contribution in [3.63, 3.8) is 0 Å². The summed E-state index contributed by atoms with van der Waals surface area (Å²) in [5.41, 5.74) is 6.37. The average molecular weight is 294 g/mol. The summed E-state index contributed by atoms with van der Waals surface area (Å²) in [4.78, 5) is 2.05. The van der Waals surface area contributed by atoms with Crippen molar-refractivity contribution in [1.82, 2.24) is 4.90 Å². The molecule has 5 heteroatoms. The lowest BCUT2D eigenvalue weighted by molar-refractivity contribution is 0.0574. The molecule has 0 saturated heterocycles. The molecule has 1 aliphatic rings. The summed E-state index contributed by atoms with van der Waals surface area (Å²) in [6.45, 7) is 3.21. The van der Waals surface area contributed by atoms with Crippen LogP contribution >= 0.6 is 0 Å². The number of ether oxygens (including phenoxy) is 2. The Morgan fingerprint density at radius 3 is 2.86 bits per heavy atom. The molecule has 118 valence electrons. The normalized spacial score (nSPS) is 16.1. The number of aliphatic hydroxyl groups is 1. The van der Waals surface area contributed by atoms with E-state index in [2.05, 4.69) is 4.90 Å². The van der Waals surface area contributed by atoms with Gasteiger partial charge in [0.2, 0.25) is 0 Å². The molecule has 0 aromatic heterocycles. The first-order valence-corrected chi connectivity index (χ1v) is 7.57. The van der Waals surface area contributed by atoms with E-state index in [-0.39, 0.29) is 6.61 Å². The standard InChI is InChI=1S/C16H26N2O3/c1-18(8-9-20-11-13-6-7-13)10-14(19)12-21-16-5-3-2-4-15(16)17/h2-5,13-14,19H,6-12,17H2,1H3. The van der Waals surface area contributed by atoms with Gasteiger partial charge in [0.05, 0.1) is 12.3 Å². The molecule has 1 unspecified atom stereocenters. The summed E-state index contributed by atoms with van der Waals surface area (Å²) in [7, 11) is 1.97. The summed E-state index contributed by atoms with van der Waals surface area (Å²) in [5, 5.41) is 9.98. The molecule has 21 heavy (non-hydrogen) atoms. The maximum Gasteiger partial charge on any atom is 0.142 e. The van der Waals surface area contributed by atoms with Crippen molar-refractivity contribution in [2.75, 3.05) is 45.7 Å². The molecule has 5 nitrogen and oxygen atoms in total. The number of nitrogen functional groups attached to an aromatic ring is 1. The minimum atomic E-state index is -0.543. The van der Waals surface area contributed by atoms with Crippen LogP contribution in [0.4, 0.5) is 5.69 Å². The Balaban J connectivity index is 1.57. The van der Waals surface area contributed by atoms with Gasteiger partial charge in [-0.05, 0) is 37.9 Å². The smallest absolute Gasteiger partial charge is 0.142 e. The summed E-state index contributed by atoms with van der Waals surface area (Å²) in [6.07, 6.45) is 2.08. The fourth-order valence-electron chi connectivity index (χ4n) is 2.06. The van der Waals surface area contributed by atoms with Crippen molar-refractivity contribution >= 4 is 5.69 Å². The number of hydrogen-bond acceptors (Lipinski definition) is 5. The van der Waals surface area contributed by atoms with Crippen LogP contribution in [-0.2, 0) is 4.74 Å². The minimum Gasteiger partial charge on any atom is -0.489 e. The Morgan fingerprint density at radius 2 is 2.14 bits per heavy atom. The molecule has 0 bridgehead atoms. The number of aliphatic hydroxyl groups excluding tert-OH is 1. The van der Waals surface area contributed by atoms with Crippen molar-refractivity contribution in [2.45, 2.75) is 18.9 Å². The molecule has 1 fully saturated rings. The van der Waals surface area contributed by atoms with Crippen LogP contribution in [0.1, 0.15) is 12.8 Å². The molecule has 3 N–H and O–H groups in total. The molecule has 1 aromatic rings. The number of nitrogens with zero attached hydrogens (tertiary/aromatic N) is 1. The number of benzene rings is 1. The third-order valence-corrected chi connectivity index (χ3v) is 3.54. The summed E-state index contributed by atoms with van der Waals surface area (Å²) < 4.78 is 11.1. The maximum absolute atomic E-state index is 9.98. The van der Waals surface area contributed by atoms with Crippen LogP contribution < -0.4 is 10.5 Å². The average Bonchev–Trinajstić information content (AvgIpc) is 3.27. The van der Waals surface area contributed by atoms with E-state index in [0.717, 1.165) is 19.1 Å². The predicted octanol–water partition coefficient (Wildman–Crippen LogP) is 1.37. The van der Waals surface area contributed by atoms with Crippen molar-refractivity contribution in [1.29, 1.82) is 0 Å². The van der Waals surface area contributed by atoms with E-state index >= 15 is 0 Å². The number of para-hydroxylation sites is 2. The number of anilines is 1. The summed E-state index contributed by atoms with van der Waals surface area (Å²) in [6, 6.07) is 7.30. The van der Waals surface area contributed by atoms with E-state index in [4.69, 9.17) is 15.2 Å². The highest BCUT2D eigenvalue weighted by Gasteiger charge is 2.21. The Hall–Kier alpha value is -1.30. The number of rotatable bonds is 10. The summed E-state index contributed by atoms with van der Waals surface area (Å²) in [5.74, 6) is 1.41. The van der Waals surface area contributed by atoms with Gasteiger partial charge in [0.15, 0.2) is 0 Å². The van der Waals surface area contributed by atoms with Gasteiger partial charge in [-0.2, -0.15) is 0 Å². The van der Waals surface area contributed by atoms with Crippen molar-refractivity contribution in [3.05, 3.63) is 24.3 Å². The molecule has 0 aliphatic heterocycles. The second kappa shape index (κ2) is 8.22. The predicted molar refractivity (Wildman–Crippen MR) is 83.4 cm³/mol. The Kier molecular flexibility index (Phi) is 6.29. The van der Waals surface area contributed by atoms with Gasteiger partial charge in [-0.3, -0.25) is 0 Å². The highest BCUT2D eigenvalue weighted by molar-refractivity contribution is 5.51. The van der Waals surface area contributed by atoms with Gasteiger partial charge in [-0.1, -0.05) is 12.1 Å². The summed E-state index contributed by atoms with van der Waals surface area (Å²) >= 11 is 0. The van der Waals surface area contributed by atoms with Crippen molar-refractivity contribution < 1.29 is 14.6 Å². The highest BCUT2D eigenvalue weighted by Crippen LogP contribution is 2.28. The van der Waals surface area contributed by atoms with E-state index in [0.29, 0.717) is 24.6 Å². The lowest BCUT2D eigenvalue weighted by Crippen LogP contribution is -2.35. The fourth-order valence-corrected chi connectivity index (χ4v) is 2.06. The van der Waals surface area contributed by atoms with Crippen LogP contribution in [0.3, 0.4) is 0 Å². The van der Waals surface area contributed by atoms with Gasteiger partial charge in [0, 0.05) is 19.7 Å². The first kappa shape index (κ1) is 16.1. The van der Waals surface area contributed by atoms with Crippen LogP contribution in [0.25, 0.3) is 0 Å².